The van der Waals surface area contributed by atoms with Crippen LogP contribution in [-0.2, 0) is 19.6 Å². The minimum absolute atomic E-state index is 0.0696. The molecule has 0 aromatic heterocycles. The van der Waals surface area contributed by atoms with E-state index in [4.69, 9.17) is 11.6 Å². The Morgan fingerprint density at radius 2 is 1.85 bits per heavy atom. The molecular formula is C13H18ClNO4S. The molecule has 0 aliphatic carbocycles. The second-order valence-corrected chi connectivity index (χ2v) is 7.46. The van der Waals surface area contributed by atoms with E-state index >= 15 is 0 Å². The zero-order valence-corrected chi connectivity index (χ0v) is 13.4. The Bertz CT molecular complexity index is 593. The molecule has 1 rings (SSSR count). The number of carbonyl (C=O) groups excluding carboxylic acids is 1. The highest BCUT2D eigenvalue weighted by Crippen LogP contribution is 2.25. The van der Waals surface area contributed by atoms with E-state index in [1.54, 1.807) is 32.9 Å². The molecule has 1 aromatic rings. The number of benzene rings is 1. The fourth-order valence-electron chi connectivity index (χ4n) is 1.58. The Hall–Kier alpha value is -1.11. The standard InChI is InChI=1S/C13H18ClNO4S/c1-13(2,3)11(12(16)19-4)15-20(17,18)10-8-6-5-7-9(10)14/h5-8,11,15H,1-4H3. The lowest BCUT2D eigenvalue weighted by Gasteiger charge is -2.28. The smallest absolute Gasteiger partial charge is 0.324 e. The van der Waals surface area contributed by atoms with Crippen molar-refractivity contribution >= 4 is 27.6 Å². The third-order valence-corrected chi connectivity index (χ3v) is 4.62. The van der Waals surface area contributed by atoms with Gasteiger partial charge in [0.15, 0.2) is 0 Å². The lowest BCUT2D eigenvalue weighted by molar-refractivity contribution is -0.145. The molecule has 0 spiro atoms. The monoisotopic (exact) mass is 319 g/mol. The average molecular weight is 320 g/mol. The Balaban J connectivity index is 3.17. The van der Waals surface area contributed by atoms with Crippen LogP contribution in [0.4, 0.5) is 0 Å². The quantitative estimate of drug-likeness (QED) is 0.864. The van der Waals surface area contributed by atoms with Gasteiger partial charge in [0.05, 0.1) is 12.1 Å². The summed E-state index contributed by atoms with van der Waals surface area (Å²) in [4.78, 5) is 11.7. The number of esters is 1. The van der Waals surface area contributed by atoms with E-state index in [-0.39, 0.29) is 9.92 Å². The molecule has 0 amide bonds. The zero-order valence-electron chi connectivity index (χ0n) is 11.8. The summed E-state index contributed by atoms with van der Waals surface area (Å²) in [6, 6.07) is 5.03. The molecule has 7 heteroatoms. The summed E-state index contributed by atoms with van der Waals surface area (Å²) in [6.07, 6.45) is 0. The van der Waals surface area contributed by atoms with E-state index in [0.29, 0.717) is 0 Å². The lowest BCUT2D eigenvalue weighted by atomic mass is 9.87. The van der Waals surface area contributed by atoms with Crippen molar-refractivity contribution in [3.05, 3.63) is 29.3 Å². The predicted molar refractivity (Wildman–Crippen MR) is 77.0 cm³/mol. The van der Waals surface area contributed by atoms with Crippen molar-refractivity contribution in [1.29, 1.82) is 0 Å². The lowest BCUT2D eigenvalue weighted by Crippen LogP contribution is -2.49. The van der Waals surface area contributed by atoms with Gasteiger partial charge in [-0.15, -0.1) is 0 Å². The number of ether oxygens (including phenoxy) is 1. The van der Waals surface area contributed by atoms with E-state index in [1.165, 1.54) is 19.2 Å². The molecule has 1 atom stereocenters. The third-order valence-electron chi connectivity index (χ3n) is 2.70. The highest BCUT2D eigenvalue weighted by molar-refractivity contribution is 7.89. The first-order valence-electron chi connectivity index (χ1n) is 5.94. The van der Waals surface area contributed by atoms with E-state index in [9.17, 15) is 13.2 Å². The molecule has 5 nitrogen and oxygen atoms in total. The van der Waals surface area contributed by atoms with Crippen LogP contribution in [0.25, 0.3) is 0 Å². The number of hydrogen-bond donors (Lipinski definition) is 1. The second kappa shape index (κ2) is 6.11. The van der Waals surface area contributed by atoms with Gasteiger partial charge in [-0.3, -0.25) is 4.79 Å². The van der Waals surface area contributed by atoms with Crippen molar-refractivity contribution in [2.24, 2.45) is 5.41 Å². The summed E-state index contributed by atoms with van der Waals surface area (Å²) in [7, 11) is -2.70. The number of hydrogen-bond acceptors (Lipinski definition) is 4. The molecule has 0 radical (unpaired) electrons. The summed E-state index contributed by atoms with van der Waals surface area (Å²) in [5, 5.41) is 0.0949. The van der Waals surface area contributed by atoms with Crippen molar-refractivity contribution in [3.63, 3.8) is 0 Å². The van der Waals surface area contributed by atoms with Crippen LogP contribution in [0.15, 0.2) is 29.2 Å². The Labute approximate surface area is 124 Å². The van der Waals surface area contributed by atoms with E-state index in [1.807, 2.05) is 0 Å². The third kappa shape index (κ3) is 3.94. The average Bonchev–Trinajstić information content (AvgIpc) is 2.34. The highest BCUT2D eigenvalue weighted by atomic mass is 35.5. The topological polar surface area (TPSA) is 72.5 Å². The van der Waals surface area contributed by atoms with Gasteiger partial charge in [0.2, 0.25) is 10.0 Å². The van der Waals surface area contributed by atoms with Crippen molar-refractivity contribution in [1.82, 2.24) is 4.72 Å². The summed E-state index contributed by atoms with van der Waals surface area (Å²) in [5.74, 6) is -0.645. The summed E-state index contributed by atoms with van der Waals surface area (Å²) in [6.45, 7) is 5.22. The second-order valence-electron chi connectivity index (χ2n) is 5.37. The molecule has 0 saturated carbocycles. The fraction of sp³-hybridized carbons (Fsp3) is 0.462. The van der Waals surface area contributed by atoms with Gasteiger partial charge in [-0.05, 0) is 17.5 Å². The largest absolute Gasteiger partial charge is 0.468 e. The summed E-state index contributed by atoms with van der Waals surface area (Å²) < 4.78 is 31.7. The number of carbonyl (C=O) groups is 1. The number of sulfonamides is 1. The molecule has 0 fully saturated rings. The van der Waals surface area contributed by atoms with Gasteiger partial charge in [0, 0.05) is 0 Å². The van der Waals surface area contributed by atoms with Gasteiger partial charge < -0.3 is 4.74 Å². The molecule has 0 bridgehead atoms. The Morgan fingerprint density at radius 1 is 1.30 bits per heavy atom. The molecule has 20 heavy (non-hydrogen) atoms. The van der Waals surface area contributed by atoms with Gasteiger partial charge in [-0.25, -0.2) is 8.42 Å². The number of halogens is 1. The Kier molecular flexibility index (Phi) is 5.18. The molecule has 0 saturated heterocycles. The highest BCUT2D eigenvalue weighted by Gasteiger charge is 2.36. The van der Waals surface area contributed by atoms with E-state index < -0.39 is 27.4 Å². The number of nitrogens with one attached hydrogen (secondary N) is 1. The van der Waals surface area contributed by atoms with Gasteiger partial charge in [0.25, 0.3) is 0 Å². The minimum atomic E-state index is -3.91. The van der Waals surface area contributed by atoms with E-state index in [2.05, 4.69) is 9.46 Å². The van der Waals surface area contributed by atoms with Gasteiger partial charge in [-0.1, -0.05) is 44.5 Å². The van der Waals surface area contributed by atoms with Crippen molar-refractivity contribution in [3.8, 4) is 0 Å². The summed E-state index contributed by atoms with van der Waals surface area (Å²) in [5.41, 5.74) is -0.637. The molecule has 0 heterocycles. The SMILES string of the molecule is COC(=O)C(NS(=O)(=O)c1ccccc1Cl)C(C)(C)C. The number of rotatable bonds is 4. The van der Waals surface area contributed by atoms with Crippen LogP contribution in [0.1, 0.15) is 20.8 Å². The van der Waals surface area contributed by atoms with Crippen LogP contribution in [0, 0.1) is 5.41 Å². The zero-order chi connectivity index (χ0) is 15.6. The first-order chi connectivity index (χ1) is 9.09. The van der Waals surface area contributed by atoms with Crippen LogP contribution < -0.4 is 4.72 Å². The maximum absolute atomic E-state index is 12.3. The van der Waals surface area contributed by atoms with Gasteiger partial charge >= 0.3 is 5.97 Å². The fourth-order valence-corrected chi connectivity index (χ4v) is 3.49. The van der Waals surface area contributed by atoms with Gasteiger partial charge in [0.1, 0.15) is 10.9 Å². The molecule has 1 N–H and O–H groups in total. The van der Waals surface area contributed by atoms with Crippen LogP contribution in [0.5, 0.6) is 0 Å². The van der Waals surface area contributed by atoms with Crippen LogP contribution >= 0.6 is 11.6 Å². The maximum Gasteiger partial charge on any atom is 0.324 e. The predicted octanol–water partition coefficient (Wildman–Crippen LogP) is 2.21. The van der Waals surface area contributed by atoms with E-state index in [0.717, 1.165) is 0 Å². The maximum atomic E-state index is 12.3. The van der Waals surface area contributed by atoms with Crippen LogP contribution in [0.2, 0.25) is 5.02 Å². The van der Waals surface area contributed by atoms with Crippen molar-refractivity contribution in [2.75, 3.05) is 7.11 Å². The van der Waals surface area contributed by atoms with Crippen LogP contribution in [-0.4, -0.2) is 27.5 Å². The molecule has 1 aromatic carbocycles. The first-order valence-corrected chi connectivity index (χ1v) is 7.80. The normalized spacial score (nSPS) is 13.8. The van der Waals surface area contributed by atoms with Crippen molar-refractivity contribution < 1.29 is 17.9 Å². The molecule has 112 valence electrons. The molecule has 0 aliphatic rings. The van der Waals surface area contributed by atoms with Crippen molar-refractivity contribution in [2.45, 2.75) is 31.7 Å². The molecular weight excluding hydrogens is 302 g/mol. The minimum Gasteiger partial charge on any atom is -0.468 e. The van der Waals surface area contributed by atoms with Crippen LogP contribution in [0.3, 0.4) is 0 Å². The number of methoxy groups -OCH3 is 1. The summed E-state index contributed by atoms with van der Waals surface area (Å²) >= 11 is 5.88. The first kappa shape index (κ1) is 16.9. The Morgan fingerprint density at radius 3 is 2.30 bits per heavy atom. The van der Waals surface area contributed by atoms with Gasteiger partial charge in [-0.2, -0.15) is 4.72 Å². The molecule has 1 unspecified atom stereocenters. The molecule has 0 aliphatic heterocycles.